The van der Waals surface area contributed by atoms with Gasteiger partial charge in [0.1, 0.15) is 22.4 Å². The Labute approximate surface area is 546 Å². The van der Waals surface area contributed by atoms with E-state index in [0.29, 0.717) is 55.3 Å². The molecule has 2 bridgehead atoms. The van der Waals surface area contributed by atoms with Gasteiger partial charge in [0.15, 0.2) is 26.4 Å². The van der Waals surface area contributed by atoms with E-state index in [1.54, 1.807) is 0 Å². The Bertz CT molecular complexity index is 2210. The largest absolute Gasteiger partial charge is 0.457 e. The monoisotopic (exact) mass is 1270 g/mol. The van der Waals surface area contributed by atoms with Crippen LogP contribution in [0.1, 0.15) is 318 Å². The number of esters is 8. The highest BCUT2D eigenvalue weighted by atomic mass is 16.6. The maximum absolute atomic E-state index is 12.4. The first-order chi connectivity index (χ1) is 42.1. The Kier molecular flexibility index (Phi) is 34.2. The van der Waals surface area contributed by atoms with Crippen molar-refractivity contribution in [2.75, 3.05) is 26.4 Å². The van der Waals surface area contributed by atoms with Gasteiger partial charge in [-0.2, -0.15) is 0 Å². The zero-order valence-electron chi connectivity index (χ0n) is 60.6. The molecule has 90 heavy (non-hydrogen) atoms. The number of ether oxygens (including phenoxy) is 8. The molecule has 0 saturated heterocycles. The van der Waals surface area contributed by atoms with Gasteiger partial charge in [-0.15, -0.1) is 0 Å². The van der Waals surface area contributed by atoms with E-state index in [9.17, 15) is 38.4 Å². The SMILES string of the molecule is CCC(C)(C)C(=O)OCC(=O)OC(C)(C)C1CCCCC1.CCC(C)(C)C(=O)OCC(=O)OC(CC)(CC)C1CC2CCC1C2.CCC(C)(C)C(=O)OCC(=O)OC(CC)(CC)C1CCCC1.CCC(C)(C)C(=O)OCC(=O)OC(CC)(CC)C1CCCCC1. The van der Waals surface area contributed by atoms with Crippen molar-refractivity contribution in [3.05, 3.63) is 0 Å². The van der Waals surface area contributed by atoms with Crippen molar-refractivity contribution < 1.29 is 76.3 Å². The van der Waals surface area contributed by atoms with Crippen molar-refractivity contribution in [3.63, 3.8) is 0 Å². The third-order valence-electron chi connectivity index (χ3n) is 22.4. The minimum absolute atomic E-state index is 0.273. The van der Waals surface area contributed by atoms with Crippen molar-refractivity contribution in [2.45, 2.75) is 341 Å². The lowest BCUT2D eigenvalue weighted by atomic mass is 9.73. The van der Waals surface area contributed by atoms with Gasteiger partial charge in [-0.25, -0.2) is 19.2 Å². The molecule has 0 N–H and O–H groups in total. The molecule has 3 unspecified atom stereocenters. The fourth-order valence-electron chi connectivity index (χ4n) is 13.9. The molecule has 0 amide bonds. The highest BCUT2D eigenvalue weighted by molar-refractivity contribution is 5.82. The van der Waals surface area contributed by atoms with Crippen LogP contribution in [-0.4, -0.2) is 96.6 Å². The van der Waals surface area contributed by atoms with E-state index in [2.05, 4.69) is 41.5 Å². The second kappa shape index (κ2) is 37.6. The van der Waals surface area contributed by atoms with E-state index in [1.165, 1.54) is 77.0 Å². The van der Waals surface area contributed by atoms with E-state index in [4.69, 9.17) is 37.9 Å². The van der Waals surface area contributed by atoms with Crippen LogP contribution in [0.2, 0.25) is 0 Å². The normalized spacial score (nSPS) is 19.5. The molecular weight excluding hydrogens is 1140 g/mol. The van der Waals surface area contributed by atoms with Gasteiger partial charge in [0.05, 0.1) is 21.7 Å². The van der Waals surface area contributed by atoms with Crippen molar-refractivity contribution >= 4 is 47.8 Å². The highest BCUT2D eigenvalue weighted by Crippen LogP contribution is 2.55. The summed E-state index contributed by atoms with van der Waals surface area (Å²) in [6.45, 7) is 37.6. The van der Waals surface area contributed by atoms with Crippen LogP contribution in [0.3, 0.4) is 0 Å². The fraction of sp³-hybridized carbons (Fsp3) is 0.892. The van der Waals surface area contributed by atoms with Crippen LogP contribution >= 0.6 is 0 Å². The average molecular weight is 1280 g/mol. The van der Waals surface area contributed by atoms with Gasteiger partial charge in [0.25, 0.3) is 0 Å². The van der Waals surface area contributed by atoms with Crippen LogP contribution in [0.4, 0.5) is 0 Å². The van der Waals surface area contributed by atoms with Gasteiger partial charge in [-0.05, 0) is 221 Å². The lowest BCUT2D eigenvalue weighted by Gasteiger charge is -2.41. The molecule has 5 fully saturated rings. The smallest absolute Gasteiger partial charge is 0.344 e. The molecule has 522 valence electrons. The molecule has 5 rings (SSSR count). The summed E-state index contributed by atoms with van der Waals surface area (Å²) >= 11 is 0. The summed E-state index contributed by atoms with van der Waals surface area (Å²) in [4.78, 5) is 96.5. The van der Waals surface area contributed by atoms with E-state index in [1.807, 2.05) is 96.9 Å². The Balaban J connectivity index is 0.000000409. The number of fused-ring (bicyclic) bond motifs is 2. The molecule has 16 heteroatoms. The van der Waals surface area contributed by atoms with E-state index >= 15 is 0 Å². The van der Waals surface area contributed by atoms with Gasteiger partial charge < -0.3 is 37.9 Å². The zero-order chi connectivity index (χ0) is 68.4. The topological polar surface area (TPSA) is 210 Å². The molecule has 0 radical (unpaired) electrons. The van der Waals surface area contributed by atoms with E-state index in [0.717, 1.165) is 83.0 Å². The van der Waals surface area contributed by atoms with Crippen LogP contribution in [0, 0.1) is 57.2 Å². The van der Waals surface area contributed by atoms with Crippen LogP contribution in [0.15, 0.2) is 0 Å². The first kappa shape index (κ1) is 81.9. The van der Waals surface area contributed by atoms with Gasteiger partial charge in [-0.3, -0.25) is 19.2 Å². The lowest BCUT2D eigenvalue weighted by molar-refractivity contribution is -0.181. The van der Waals surface area contributed by atoms with Gasteiger partial charge in [-0.1, -0.05) is 127 Å². The summed E-state index contributed by atoms with van der Waals surface area (Å²) in [7, 11) is 0. The molecule has 5 saturated carbocycles. The number of rotatable bonds is 30. The summed E-state index contributed by atoms with van der Waals surface area (Å²) in [6, 6.07) is 0. The lowest BCUT2D eigenvalue weighted by Crippen LogP contribution is -2.45. The van der Waals surface area contributed by atoms with Crippen molar-refractivity contribution in [1.82, 2.24) is 0 Å². The predicted molar refractivity (Wildman–Crippen MR) is 353 cm³/mol. The summed E-state index contributed by atoms with van der Waals surface area (Å²) in [5.41, 5.74) is -3.89. The second-order valence-electron chi connectivity index (χ2n) is 30.0. The Morgan fingerprint density at radius 1 is 0.300 bits per heavy atom. The van der Waals surface area contributed by atoms with Crippen LogP contribution in [0.25, 0.3) is 0 Å². The van der Waals surface area contributed by atoms with Crippen molar-refractivity contribution in [1.29, 1.82) is 0 Å². The predicted octanol–water partition coefficient (Wildman–Crippen LogP) is 17.3. The number of hydrogen-bond acceptors (Lipinski definition) is 16. The highest BCUT2D eigenvalue weighted by Gasteiger charge is 2.51. The molecule has 3 atom stereocenters. The summed E-state index contributed by atoms with van der Waals surface area (Å²) in [5, 5.41) is 0. The van der Waals surface area contributed by atoms with Gasteiger partial charge >= 0.3 is 47.8 Å². The van der Waals surface area contributed by atoms with Crippen LogP contribution in [-0.2, 0) is 76.3 Å². The first-order valence-corrected chi connectivity index (χ1v) is 35.6. The van der Waals surface area contributed by atoms with E-state index in [-0.39, 0.29) is 61.5 Å². The van der Waals surface area contributed by atoms with E-state index < -0.39 is 56.7 Å². The quantitative estimate of drug-likeness (QED) is 0.0483. The molecule has 5 aliphatic rings. The summed E-state index contributed by atoms with van der Waals surface area (Å²) in [5.74, 6) is 0.201. The maximum atomic E-state index is 12.4. The molecule has 0 aromatic rings. The molecule has 0 aromatic carbocycles. The number of hydrogen-bond donors (Lipinski definition) is 0. The third-order valence-corrected chi connectivity index (χ3v) is 22.4. The molecule has 0 spiro atoms. The average Bonchev–Trinajstić information content (AvgIpc) is 1.69. The van der Waals surface area contributed by atoms with Gasteiger partial charge in [0.2, 0.25) is 0 Å². The minimum atomic E-state index is -0.559. The molecular formula is C74H130O16. The van der Waals surface area contributed by atoms with Crippen LogP contribution < -0.4 is 0 Å². The van der Waals surface area contributed by atoms with Crippen LogP contribution in [0.5, 0.6) is 0 Å². The fourth-order valence-corrected chi connectivity index (χ4v) is 13.9. The van der Waals surface area contributed by atoms with Crippen molar-refractivity contribution in [2.24, 2.45) is 57.2 Å². The zero-order valence-corrected chi connectivity index (χ0v) is 60.6. The molecule has 0 aliphatic heterocycles. The Morgan fingerprint density at radius 3 is 0.822 bits per heavy atom. The molecule has 0 aromatic heterocycles. The standard InChI is InChI=1S/C20H34O4.C19H34O4.C18H32O4.C17H30O4/c1-6-19(4,5)18(22)23-13-17(21)24-20(7-2,8-3)16-12-14-9-10-15(16)11-14;1-6-18(4,5)17(21)22-14-16(20)23-19(7-2,8-3)15-12-10-9-11-13-15;1-6-17(4,5)16(20)21-13-15(19)22-18(7-2,8-3)14-11-9-10-12-14;1-6-16(2,3)15(19)20-12-14(18)21-17(4,5)13-10-8-7-9-11-13/h14-16H,6-13H2,1-5H3;15H,6-14H2,1-5H3;14H,6-13H2,1-5H3;13H,6-12H2,1-5H3. The Hall–Kier alpha value is -4.24. The third kappa shape index (κ3) is 24.3. The first-order valence-electron chi connectivity index (χ1n) is 35.6. The summed E-state index contributed by atoms with van der Waals surface area (Å²) < 4.78 is 43.8. The minimum Gasteiger partial charge on any atom is -0.457 e. The maximum Gasteiger partial charge on any atom is 0.344 e. The number of carbonyl (C=O) groups is 8. The number of carbonyl (C=O) groups excluding carboxylic acids is 8. The second-order valence-corrected chi connectivity index (χ2v) is 30.0. The Morgan fingerprint density at radius 2 is 0.567 bits per heavy atom. The van der Waals surface area contributed by atoms with Gasteiger partial charge in [0, 0.05) is 5.92 Å². The molecule has 5 aliphatic carbocycles. The molecule has 0 heterocycles. The summed E-state index contributed by atoms with van der Waals surface area (Å²) in [6.07, 6.45) is 29.2. The van der Waals surface area contributed by atoms with Crippen molar-refractivity contribution in [3.8, 4) is 0 Å². The molecule has 16 nitrogen and oxygen atoms in total.